The van der Waals surface area contributed by atoms with Crippen molar-refractivity contribution in [1.29, 1.82) is 0 Å². The lowest BCUT2D eigenvalue weighted by Gasteiger charge is -2.58. The molecule has 2 rings (SSSR count). The van der Waals surface area contributed by atoms with Crippen LogP contribution < -0.4 is 19.5 Å². The number of rotatable bonds is 17. The number of hydrogen-bond acceptors (Lipinski definition) is 8. The van der Waals surface area contributed by atoms with Crippen LogP contribution >= 0.6 is 31.6 Å². The Labute approximate surface area is 242 Å². The molecule has 214 valence electrons. The van der Waals surface area contributed by atoms with Gasteiger partial charge < -0.3 is 14.1 Å². The molecule has 0 aliphatic carbocycles. The fourth-order valence-corrected chi connectivity index (χ4v) is 13.2. The van der Waals surface area contributed by atoms with Gasteiger partial charge in [0, 0.05) is 5.69 Å². The highest BCUT2D eigenvalue weighted by atomic mass is 32.2. The van der Waals surface area contributed by atoms with Crippen molar-refractivity contribution in [2.75, 3.05) is 64.1 Å². The summed E-state index contributed by atoms with van der Waals surface area (Å²) in [6.45, 7) is 16.7. The molecule has 2 aromatic carbocycles. The van der Waals surface area contributed by atoms with Gasteiger partial charge in [-0.3, -0.25) is 15.1 Å². The fourth-order valence-electron chi connectivity index (χ4n) is 5.04. The second-order valence-electron chi connectivity index (χ2n) is 9.00. The highest BCUT2D eigenvalue weighted by Crippen LogP contribution is 2.73. The van der Waals surface area contributed by atoms with Crippen LogP contribution in [0, 0.1) is 0 Å². The van der Waals surface area contributed by atoms with Crippen molar-refractivity contribution in [2.24, 2.45) is 0 Å². The van der Waals surface area contributed by atoms with Crippen molar-refractivity contribution in [2.45, 2.75) is 50.9 Å². The fraction of sp³-hybridized carbons (Fsp3) is 0.586. The zero-order valence-corrected chi connectivity index (χ0v) is 27.6. The zero-order valence-electron chi connectivity index (χ0n) is 25.1. The summed E-state index contributed by atoms with van der Waals surface area (Å²) >= 11 is 3.95. The molecule has 9 heteroatoms. The van der Waals surface area contributed by atoms with Crippen LogP contribution in [0.4, 0.5) is 11.4 Å². The largest absolute Gasteiger partial charge is 0.493 e. The molecule has 0 bridgehead atoms. The van der Waals surface area contributed by atoms with Crippen LogP contribution in [-0.4, -0.2) is 78.6 Å². The Bertz CT molecular complexity index is 967. The van der Waals surface area contributed by atoms with E-state index in [9.17, 15) is 0 Å². The molecule has 0 saturated heterocycles. The summed E-state index contributed by atoms with van der Waals surface area (Å²) in [7, 11) is 5.11. The summed E-state index contributed by atoms with van der Waals surface area (Å²) in [5.74, 6) is 2.52. The van der Waals surface area contributed by atoms with Crippen molar-refractivity contribution < 1.29 is 9.47 Å². The van der Waals surface area contributed by atoms with Gasteiger partial charge >= 0.3 is 0 Å². The van der Waals surface area contributed by atoms with E-state index in [1.807, 2.05) is 36.5 Å². The molecule has 0 aliphatic rings. The number of hydrogen-bond donors (Lipinski definition) is 1. The molecule has 0 aliphatic heterocycles. The molecule has 1 N–H and O–H groups in total. The van der Waals surface area contributed by atoms with Crippen molar-refractivity contribution in [3.63, 3.8) is 0 Å². The van der Waals surface area contributed by atoms with Crippen molar-refractivity contribution in [3.05, 3.63) is 48.5 Å². The van der Waals surface area contributed by atoms with E-state index in [0.717, 1.165) is 48.3 Å². The minimum Gasteiger partial charge on any atom is -0.493 e. The maximum atomic E-state index is 6.35. The average molecular weight is 581 g/mol. The molecule has 0 heterocycles. The first-order valence-corrected chi connectivity index (χ1v) is 17.1. The van der Waals surface area contributed by atoms with Gasteiger partial charge in [-0.1, -0.05) is 52.0 Å². The van der Waals surface area contributed by atoms with Crippen LogP contribution in [-0.2, 0) is 0 Å². The average Bonchev–Trinajstić information content (AvgIpc) is 2.92. The van der Waals surface area contributed by atoms with Crippen molar-refractivity contribution in [3.8, 4) is 11.5 Å². The summed E-state index contributed by atoms with van der Waals surface area (Å²) in [5, 5.41) is 3.66. The quantitative estimate of drug-likeness (QED) is 0.152. The lowest BCUT2D eigenvalue weighted by molar-refractivity contribution is 0.159. The van der Waals surface area contributed by atoms with Crippen LogP contribution in [0.1, 0.15) is 41.5 Å². The third-order valence-electron chi connectivity index (χ3n) is 6.63. The van der Waals surface area contributed by atoms with Gasteiger partial charge in [0.25, 0.3) is 0 Å². The molecular formula is C29H49N4O2PS2. The zero-order chi connectivity index (χ0) is 28.3. The molecule has 6 nitrogen and oxygen atoms in total. The Kier molecular flexibility index (Phi) is 13.6. The van der Waals surface area contributed by atoms with E-state index < -0.39 is 8.07 Å². The SMILES string of the molecule is CCNC(C)(N(CC)CC)P(N(c1ccccc1)c1cccc(OC)c1OCC)C(SC)(SCC)N(C)C. The molecule has 3 atom stereocenters. The van der Waals surface area contributed by atoms with E-state index in [4.69, 9.17) is 9.47 Å². The Morgan fingerprint density at radius 2 is 1.61 bits per heavy atom. The van der Waals surface area contributed by atoms with Crippen LogP contribution in [0.5, 0.6) is 11.5 Å². The molecule has 0 aromatic heterocycles. The second-order valence-corrected chi connectivity index (χ2v) is 14.9. The molecule has 0 radical (unpaired) electrons. The number of nitrogens with one attached hydrogen (secondary N) is 1. The van der Waals surface area contributed by atoms with Crippen LogP contribution in [0.25, 0.3) is 0 Å². The van der Waals surface area contributed by atoms with E-state index in [-0.39, 0.29) is 9.35 Å². The smallest absolute Gasteiger partial charge is 0.185 e. The standard InChI is InChI=1S/C29H49N4O2PS2/c1-11-30-28(6,32(12-2)13-3)36(29(37-10,31(7)8)38-15-5)33(24-20-17-16-18-21-24)25-22-19-23-26(34-9)27(25)35-14-4/h16-23,30H,11-15H2,1-10H3. The lowest BCUT2D eigenvalue weighted by Crippen LogP contribution is -2.61. The molecule has 0 amide bonds. The topological polar surface area (TPSA) is 40.2 Å². The number of benzene rings is 2. The van der Waals surface area contributed by atoms with Gasteiger partial charge in [0.15, 0.2) is 15.4 Å². The predicted molar refractivity (Wildman–Crippen MR) is 173 cm³/mol. The van der Waals surface area contributed by atoms with Gasteiger partial charge in [-0.2, -0.15) is 0 Å². The molecular weight excluding hydrogens is 531 g/mol. The van der Waals surface area contributed by atoms with Crippen molar-refractivity contribution >= 4 is 43.0 Å². The number of thioether (sulfide) groups is 2. The first-order chi connectivity index (χ1) is 18.3. The van der Waals surface area contributed by atoms with Crippen molar-refractivity contribution in [1.82, 2.24) is 15.1 Å². The molecule has 38 heavy (non-hydrogen) atoms. The van der Waals surface area contributed by atoms with Crippen LogP contribution in [0.2, 0.25) is 0 Å². The first kappa shape index (κ1) is 33.1. The van der Waals surface area contributed by atoms with E-state index >= 15 is 0 Å². The highest BCUT2D eigenvalue weighted by molar-refractivity contribution is 8.25. The van der Waals surface area contributed by atoms with E-state index in [1.165, 1.54) is 0 Å². The Morgan fingerprint density at radius 1 is 0.947 bits per heavy atom. The van der Waals surface area contributed by atoms with Gasteiger partial charge in [-0.25, -0.2) is 0 Å². The number of ether oxygens (including phenoxy) is 2. The minimum absolute atomic E-state index is 0.258. The number of nitrogens with zero attached hydrogens (tertiary/aromatic N) is 3. The number of methoxy groups -OCH3 is 1. The van der Waals surface area contributed by atoms with E-state index in [0.29, 0.717) is 6.61 Å². The highest BCUT2D eigenvalue weighted by Gasteiger charge is 2.56. The van der Waals surface area contributed by atoms with Crippen LogP contribution in [0.15, 0.2) is 48.5 Å². The lowest BCUT2D eigenvalue weighted by atomic mass is 10.2. The van der Waals surface area contributed by atoms with E-state index in [2.05, 4.69) is 117 Å². The maximum Gasteiger partial charge on any atom is 0.185 e. The van der Waals surface area contributed by atoms with E-state index in [1.54, 1.807) is 7.11 Å². The third-order valence-corrected chi connectivity index (χ3v) is 14.4. The molecule has 0 saturated carbocycles. The molecule has 2 aromatic rings. The summed E-state index contributed by atoms with van der Waals surface area (Å²) < 4.78 is 14.5. The molecule has 0 fully saturated rings. The summed E-state index contributed by atoms with van der Waals surface area (Å²) in [6.07, 6.45) is 2.25. The van der Waals surface area contributed by atoms with Crippen LogP contribution in [0.3, 0.4) is 0 Å². The van der Waals surface area contributed by atoms with Gasteiger partial charge in [0.05, 0.1) is 27.5 Å². The number of anilines is 2. The first-order valence-electron chi connectivity index (χ1n) is 13.6. The Balaban J connectivity index is 3.13. The van der Waals surface area contributed by atoms with Gasteiger partial charge in [-0.05, 0) is 83.9 Å². The third kappa shape index (κ3) is 6.76. The normalized spacial score (nSPS) is 15.7. The summed E-state index contributed by atoms with van der Waals surface area (Å²) in [4.78, 5) is 5.01. The summed E-state index contributed by atoms with van der Waals surface area (Å²) in [6, 6.07) is 17.0. The summed E-state index contributed by atoms with van der Waals surface area (Å²) in [5.41, 5.74) is 2.16. The Morgan fingerprint density at radius 3 is 2.08 bits per heavy atom. The Hall–Kier alpha value is -1.15. The number of para-hydroxylation sites is 2. The maximum absolute atomic E-state index is 6.35. The monoisotopic (exact) mass is 580 g/mol. The predicted octanol–water partition coefficient (Wildman–Crippen LogP) is 7.54. The minimum atomic E-state index is -1.05. The molecule has 0 spiro atoms. The van der Waals surface area contributed by atoms with Gasteiger partial charge in [0.1, 0.15) is 5.40 Å². The van der Waals surface area contributed by atoms with Gasteiger partial charge in [-0.15, -0.1) is 23.5 Å². The van der Waals surface area contributed by atoms with Gasteiger partial charge in [0.2, 0.25) is 0 Å². The molecule has 3 unspecified atom stereocenters. The second kappa shape index (κ2) is 15.6.